The van der Waals surface area contributed by atoms with Gasteiger partial charge in [0.1, 0.15) is 0 Å². The number of carbonyl (C=O) groups is 2. The number of aryl methyl sites for hydroxylation is 1. The van der Waals surface area contributed by atoms with Crippen LogP contribution in [0, 0.1) is 12.3 Å². The smallest absolute Gasteiger partial charge is 0.309 e. The van der Waals surface area contributed by atoms with Gasteiger partial charge in [0, 0.05) is 28.1 Å². The molecule has 2 rings (SSSR count). The third kappa shape index (κ3) is 5.86. The Morgan fingerprint density at radius 1 is 1.28 bits per heavy atom. The third-order valence-corrected chi connectivity index (χ3v) is 5.65. The lowest BCUT2D eigenvalue weighted by Crippen LogP contribution is -2.31. The van der Waals surface area contributed by atoms with Gasteiger partial charge in [-0.1, -0.05) is 0 Å². The molecule has 0 radical (unpaired) electrons. The van der Waals surface area contributed by atoms with E-state index >= 15 is 0 Å². The molecule has 1 amide bonds. The number of carbonyl (C=O) groups excluding carboxylic acids is 1. The van der Waals surface area contributed by atoms with Crippen LogP contribution in [0.1, 0.15) is 41.3 Å². The second-order valence-electron chi connectivity index (χ2n) is 6.37. The highest BCUT2D eigenvalue weighted by Gasteiger charge is 2.26. The number of nitrogens with one attached hydrogen (secondary N) is 1. The van der Waals surface area contributed by atoms with Crippen LogP contribution in [-0.4, -0.2) is 28.5 Å². The molecule has 0 spiro atoms. The van der Waals surface area contributed by atoms with Gasteiger partial charge >= 0.3 is 5.97 Å². The lowest BCUT2D eigenvalue weighted by molar-refractivity contribution is -0.147. The van der Waals surface area contributed by atoms with Gasteiger partial charge in [0.25, 0.3) is 5.91 Å². The van der Waals surface area contributed by atoms with E-state index in [0.717, 1.165) is 21.3 Å². The molecule has 1 aromatic heterocycles. The molecule has 7 heteroatoms. The highest BCUT2D eigenvalue weighted by atomic mass is 32.2. The van der Waals surface area contributed by atoms with Crippen molar-refractivity contribution < 1.29 is 14.7 Å². The molecule has 0 aliphatic heterocycles. The van der Waals surface area contributed by atoms with Crippen molar-refractivity contribution in [2.24, 2.45) is 5.41 Å². The minimum atomic E-state index is -0.863. The first-order valence-electron chi connectivity index (χ1n) is 7.93. The van der Waals surface area contributed by atoms with Crippen LogP contribution in [0.15, 0.2) is 34.5 Å². The van der Waals surface area contributed by atoms with E-state index in [1.54, 1.807) is 49.1 Å². The van der Waals surface area contributed by atoms with Crippen LogP contribution in [0.2, 0.25) is 0 Å². The molecule has 0 saturated heterocycles. The number of carboxylic acids is 1. The van der Waals surface area contributed by atoms with E-state index in [2.05, 4.69) is 15.7 Å². The molecule has 5 nitrogen and oxygen atoms in total. The number of aromatic nitrogens is 1. The maximum Gasteiger partial charge on any atom is 0.309 e. The highest BCUT2D eigenvalue weighted by molar-refractivity contribution is 7.98. The van der Waals surface area contributed by atoms with Gasteiger partial charge in [0.05, 0.1) is 16.1 Å². The van der Waals surface area contributed by atoms with Gasteiger partial charge < -0.3 is 10.4 Å². The van der Waals surface area contributed by atoms with Crippen molar-refractivity contribution in [2.45, 2.75) is 37.8 Å². The summed E-state index contributed by atoms with van der Waals surface area (Å²) >= 11 is 3.32. The molecule has 134 valence electrons. The average molecular weight is 379 g/mol. The number of aliphatic carboxylic acids is 1. The van der Waals surface area contributed by atoms with Crippen molar-refractivity contribution in [1.82, 2.24) is 10.3 Å². The van der Waals surface area contributed by atoms with E-state index < -0.39 is 11.4 Å². The zero-order chi connectivity index (χ0) is 18.4. The lowest BCUT2D eigenvalue weighted by atomic mass is 9.90. The number of hydrogen-bond acceptors (Lipinski definition) is 5. The van der Waals surface area contributed by atoms with E-state index in [0.29, 0.717) is 18.5 Å². The highest BCUT2D eigenvalue weighted by Crippen LogP contribution is 2.24. The Kier molecular flexibility index (Phi) is 6.61. The summed E-state index contributed by atoms with van der Waals surface area (Å²) in [5.41, 5.74) is 0.791. The number of nitrogens with zero attached hydrogens (tertiary/aromatic N) is 1. The van der Waals surface area contributed by atoms with Gasteiger partial charge in [-0.2, -0.15) is 0 Å². The Bertz CT molecular complexity index is 739. The van der Waals surface area contributed by atoms with Crippen LogP contribution in [0.25, 0.3) is 0 Å². The van der Waals surface area contributed by atoms with Gasteiger partial charge in [-0.15, -0.1) is 23.1 Å². The first-order chi connectivity index (χ1) is 11.8. The van der Waals surface area contributed by atoms with Crippen molar-refractivity contribution >= 4 is 35.0 Å². The Balaban J connectivity index is 1.82. The predicted molar refractivity (Wildman–Crippen MR) is 101 cm³/mol. The molecule has 0 bridgehead atoms. The summed E-state index contributed by atoms with van der Waals surface area (Å²) in [6.07, 6.45) is 0.384. The second kappa shape index (κ2) is 8.49. The van der Waals surface area contributed by atoms with Crippen molar-refractivity contribution in [2.75, 3.05) is 6.54 Å². The molecule has 0 aliphatic carbocycles. The number of benzene rings is 1. The van der Waals surface area contributed by atoms with E-state index in [4.69, 9.17) is 5.11 Å². The van der Waals surface area contributed by atoms with Crippen LogP contribution in [0.4, 0.5) is 0 Å². The maximum absolute atomic E-state index is 12.1. The van der Waals surface area contributed by atoms with E-state index in [-0.39, 0.29) is 5.91 Å². The quantitative estimate of drug-likeness (QED) is 0.679. The topological polar surface area (TPSA) is 79.3 Å². The molecule has 1 heterocycles. The van der Waals surface area contributed by atoms with Crippen LogP contribution in [0.3, 0.4) is 0 Å². The lowest BCUT2D eigenvalue weighted by Gasteiger charge is -2.18. The molecule has 0 fully saturated rings. The van der Waals surface area contributed by atoms with Gasteiger partial charge in [-0.05, 0) is 51.5 Å². The van der Waals surface area contributed by atoms with Crippen LogP contribution in [-0.2, 0) is 10.5 Å². The zero-order valence-corrected chi connectivity index (χ0v) is 16.2. The van der Waals surface area contributed by atoms with E-state index in [1.807, 2.05) is 19.1 Å². The maximum atomic E-state index is 12.1. The van der Waals surface area contributed by atoms with Gasteiger partial charge in [0.2, 0.25) is 0 Å². The Labute approximate surface area is 155 Å². The van der Waals surface area contributed by atoms with E-state index in [1.165, 1.54) is 0 Å². The zero-order valence-electron chi connectivity index (χ0n) is 14.5. The summed E-state index contributed by atoms with van der Waals surface area (Å²) in [5.74, 6) is -0.244. The molecule has 25 heavy (non-hydrogen) atoms. The molecular formula is C18H22N2O3S2. The van der Waals surface area contributed by atoms with Crippen molar-refractivity contribution in [1.29, 1.82) is 0 Å². The SMILES string of the molecule is Cc1nc(CSc2ccc(C(=O)NCCC(C)(C)C(=O)O)cc2)cs1. The first kappa shape index (κ1) is 19.5. The molecule has 2 aromatic rings. The summed E-state index contributed by atoms with van der Waals surface area (Å²) in [5, 5.41) is 15.0. The molecule has 1 aromatic carbocycles. The predicted octanol–water partition coefficient (Wildman–Crippen LogP) is 3.97. The summed E-state index contributed by atoms with van der Waals surface area (Å²) < 4.78 is 0. The van der Waals surface area contributed by atoms with Gasteiger partial charge in [-0.25, -0.2) is 4.98 Å². The number of thioether (sulfide) groups is 1. The first-order valence-corrected chi connectivity index (χ1v) is 9.80. The normalized spacial score (nSPS) is 11.3. The molecule has 0 atom stereocenters. The summed E-state index contributed by atoms with van der Waals surface area (Å²) in [6, 6.07) is 7.40. The largest absolute Gasteiger partial charge is 0.481 e. The van der Waals surface area contributed by atoms with E-state index in [9.17, 15) is 9.59 Å². The van der Waals surface area contributed by atoms with Gasteiger partial charge in [0.15, 0.2) is 0 Å². The van der Waals surface area contributed by atoms with Crippen LogP contribution in [0.5, 0.6) is 0 Å². The Morgan fingerprint density at radius 3 is 2.52 bits per heavy atom. The summed E-state index contributed by atoms with van der Waals surface area (Å²) in [4.78, 5) is 28.7. The molecule has 0 saturated carbocycles. The van der Waals surface area contributed by atoms with Gasteiger partial charge in [-0.3, -0.25) is 9.59 Å². The Morgan fingerprint density at radius 2 is 1.96 bits per heavy atom. The minimum Gasteiger partial charge on any atom is -0.481 e. The fourth-order valence-corrected chi connectivity index (χ4v) is 3.54. The second-order valence-corrected chi connectivity index (χ2v) is 8.48. The fraction of sp³-hybridized carbons (Fsp3) is 0.389. The fourth-order valence-electron chi connectivity index (χ4n) is 2.03. The van der Waals surface area contributed by atoms with Crippen molar-refractivity contribution in [3.63, 3.8) is 0 Å². The molecular weight excluding hydrogens is 356 g/mol. The number of hydrogen-bond donors (Lipinski definition) is 2. The minimum absolute atomic E-state index is 0.187. The average Bonchev–Trinajstić information content (AvgIpc) is 2.98. The standard InChI is InChI=1S/C18H22N2O3S2/c1-12-20-14(10-24-12)11-25-15-6-4-13(5-7-15)16(21)19-9-8-18(2,3)17(22)23/h4-7,10H,8-9,11H2,1-3H3,(H,19,21)(H,22,23). The number of amides is 1. The molecule has 0 unspecified atom stereocenters. The van der Waals surface area contributed by atoms with Crippen molar-refractivity contribution in [3.8, 4) is 0 Å². The van der Waals surface area contributed by atoms with Crippen LogP contribution < -0.4 is 5.32 Å². The van der Waals surface area contributed by atoms with Crippen LogP contribution >= 0.6 is 23.1 Å². The summed E-state index contributed by atoms with van der Waals surface area (Å²) in [7, 11) is 0. The molecule has 2 N–H and O–H groups in total. The number of thiazole rings is 1. The third-order valence-electron chi connectivity index (χ3n) is 3.78. The number of rotatable bonds is 8. The molecule has 0 aliphatic rings. The Hall–Kier alpha value is -1.86. The van der Waals surface area contributed by atoms with Crippen molar-refractivity contribution in [3.05, 3.63) is 45.9 Å². The summed E-state index contributed by atoms with van der Waals surface area (Å²) in [6.45, 7) is 5.62. The monoisotopic (exact) mass is 378 g/mol. The number of carboxylic acid groups (broad SMARTS) is 1.